The monoisotopic (exact) mass is 430 g/mol. The summed E-state index contributed by atoms with van der Waals surface area (Å²) in [6.07, 6.45) is 0. The standard InChI is InChI=1S/C17H16ClFN2O4S2/c18-11-1-4-16(14(19)9-11)27(24,25)20-12-2-3-15(13(10-12)17(22)23)21-5-7-26-8-6-21/h1-4,9-10,20H,5-8H2,(H,22,23). The zero-order valence-corrected chi connectivity index (χ0v) is 16.4. The van der Waals surface area contributed by atoms with Gasteiger partial charge in [-0.2, -0.15) is 11.8 Å². The molecule has 1 aliphatic heterocycles. The average Bonchev–Trinajstić information content (AvgIpc) is 2.61. The number of hydrogen-bond donors (Lipinski definition) is 2. The number of nitrogens with zero attached hydrogens (tertiary/aromatic N) is 1. The Bertz CT molecular complexity index is 979. The molecule has 0 unspecified atom stereocenters. The molecule has 0 spiro atoms. The van der Waals surface area contributed by atoms with Crippen molar-refractivity contribution in [3.63, 3.8) is 0 Å². The average molecular weight is 431 g/mol. The number of sulfonamides is 1. The highest BCUT2D eigenvalue weighted by Crippen LogP contribution is 2.28. The molecule has 0 amide bonds. The van der Waals surface area contributed by atoms with E-state index in [0.29, 0.717) is 18.8 Å². The first-order valence-electron chi connectivity index (χ1n) is 7.96. The summed E-state index contributed by atoms with van der Waals surface area (Å²) in [5, 5.41) is 9.60. The van der Waals surface area contributed by atoms with E-state index < -0.39 is 26.7 Å². The van der Waals surface area contributed by atoms with Crippen LogP contribution in [0.5, 0.6) is 0 Å². The number of anilines is 2. The van der Waals surface area contributed by atoms with Gasteiger partial charge in [-0.05, 0) is 36.4 Å². The molecule has 144 valence electrons. The Morgan fingerprint density at radius 1 is 1.19 bits per heavy atom. The van der Waals surface area contributed by atoms with E-state index in [0.717, 1.165) is 23.6 Å². The SMILES string of the molecule is O=C(O)c1cc(NS(=O)(=O)c2ccc(Cl)cc2F)ccc1N1CCSCC1. The second-order valence-corrected chi connectivity index (χ2v) is 9.13. The summed E-state index contributed by atoms with van der Waals surface area (Å²) in [5.41, 5.74) is 0.555. The van der Waals surface area contributed by atoms with Crippen LogP contribution in [0.2, 0.25) is 5.02 Å². The number of aromatic carboxylic acids is 1. The molecular formula is C17H16ClFN2O4S2. The molecule has 2 aromatic carbocycles. The fourth-order valence-electron chi connectivity index (χ4n) is 2.75. The summed E-state index contributed by atoms with van der Waals surface area (Å²) in [6.45, 7) is 1.43. The van der Waals surface area contributed by atoms with E-state index in [9.17, 15) is 22.7 Å². The number of carboxylic acid groups (broad SMARTS) is 1. The van der Waals surface area contributed by atoms with Crippen molar-refractivity contribution in [2.24, 2.45) is 0 Å². The van der Waals surface area contributed by atoms with Crippen molar-refractivity contribution >= 4 is 50.7 Å². The molecule has 0 atom stereocenters. The van der Waals surface area contributed by atoms with Crippen molar-refractivity contribution in [1.29, 1.82) is 0 Å². The molecule has 0 aliphatic carbocycles. The molecule has 2 aromatic rings. The number of thioether (sulfide) groups is 1. The quantitative estimate of drug-likeness (QED) is 0.754. The lowest BCUT2D eigenvalue weighted by molar-refractivity contribution is 0.0697. The summed E-state index contributed by atoms with van der Waals surface area (Å²) in [7, 11) is -4.23. The minimum Gasteiger partial charge on any atom is -0.478 e. The largest absolute Gasteiger partial charge is 0.478 e. The number of rotatable bonds is 5. The molecule has 0 bridgehead atoms. The van der Waals surface area contributed by atoms with Crippen LogP contribution in [0.1, 0.15) is 10.4 Å². The number of benzene rings is 2. The number of carbonyl (C=O) groups is 1. The van der Waals surface area contributed by atoms with Crippen LogP contribution in [0.25, 0.3) is 0 Å². The predicted octanol–water partition coefficient (Wildman–Crippen LogP) is 3.53. The Morgan fingerprint density at radius 3 is 2.52 bits per heavy atom. The van der Waals surface area contributed by atoms with Crippen molar-refractivity contribution < 1.29 is 22.7 Å². The number of carboxylic acids is 1. The van der Waals surface area contributed by atoms with E-state index in [1.807, 2.05) is 4.90 Å². The van der Waals surface area contributed by atoms with Gasteiger partial charge in [0.2, 0.25) is 0 Å². The molecule has 1 aliphatic rings. The van der Waals surface area contributed by atoms with Crippen LogP contribution in [0.15, 0.2) is 41.3 Å². The maximum atomic E-state index is 14.0. The lowest BCUT2D eigenvalue weighted by atomic mass is 10.1. The van der Waals surface area contributed by atoms with Crippen molar-refractivity contribution in [1.82, 2.24) is 0 Å². The third-order valence-corrected chi connectivity index (χ3v) is 6.61. The minimum absolute atomic E-state index is 0.0151. The van der Waals surface area contributed by atoms with Crippen molar-refractivity contribution in [2.45, 2.75) is 4.90 Å². The maximum absolute atomic E-state index is 14.0. The van der Waals surface area contributed by atoms with Gasteiger partial charge in [-0.25, -0.2) is 17.6 Å². The van der Waals surface area contributed by atoms with E-state index in [-0.39, 0.29) is 16.3 Å². The second-order valence-electron chi connectivity index (χ2n) is 5.82. The lowest BCUT2D eigenvalue weighted by Gasteiger charge is -2.29. The van der Waals surface area contributed by atoms with Gasteiger partial charge >= 0.3 is 5.97 Å². The van der Waals surface area contributed by atoms with Crippen LogP contribution < -0.4 is 9.62 Å². The van der Waals surface area contributed by atoms with Gasteiger partial charge in [-0.15, -0.1) is 0 Å². The minimum atomic E-state index is -4.23. The zero-order valence-electron chi connectivity index (χ0n) is 14.0. The first kappa shape index (κ1) is 19.8. The molecule has 6 nitrogen and oxygen atoms in total. The third kappa shape index (κ3) is 4.48. The highest BCUT2D eigenvalue weighted by molar-refractivity contribution is 7.99. The Kier molecular flexibility index (Phi) is 5.83. The molecule has 10 heteroatoms. The van der Waals surface area contributed by atoms with Gasteiger partial charge in [0, 0.05) is 35.3 Å². The number of halogens is 2. The molecule has 1 fully saturated rings. The molecule has 0 radical (unpaired) electrons. The molecule has 0 saturated carbocycles. The lowest BCUT2D eigenvalue weighted by Crippen LogP contribution is -2.33. The Labute approximate surface area is 165 Å². The van der Waals surface area contributed by atoms with Gasteiger partial charge in [0.15, 0.2) is 0 Å². The number of nitrogens with one attached hydrogen (secondary N) is 1. The van der Waals surface area contributed by atoms with Crippen molar-refractivity contribution in [2.75, 3.05) is 34.2 Å². The van der Waals surface area contributed by atoms with E-state index in [2.05, 4.69) is 4.72 Å². The summed E-state index contributed by atoms with van der Waals surface area (Å²) in [6, 6.07) is 7.49. The van der Waals surface area contributed by atoms with Crippen LogP contribution in [0, 0.1) is 5.82 Å². The van der Waals surface area contributed by atoms with Crippen LogP contribution in [-0.2, 0) is 10.0 Å². The van der Waals surface area contributed by atoms with Gasteiger partial charge in [0.1, 0.15) is 10.7 Å². The van der Waals surface area contributed by atoms with Crippen molar-refractivity contribution in [3.8, 4) is 0 Å². The fourth-order valence-corrected chi connectivity index (χ4v) is 4.93. The van der Waals surface area contributed by atoms with Crippen molar-refractivity contribution in [3.05, 3.63) is 52.8 Å². The van der Waals surface area contributed by atoms with Crippen LogP contribution >= 0.6 is 23.4 Å². The summed E-state index contributed by atoms with van der Waals surface area (Å²) in [5.74, 6) is -0.370. The molecule has 3 rings (SSSR count). The molecule has 2 N–H and O–H groups in total. The summed E-state index contributed by atoms with van der Waals surface area (Å²) < 4.78 is 41.1. The topological polar surface area (TPSA) is 86.7 Å². The first-order chi connectivity index (χ1) is 12.8. The molecule has 0 aromatic heterocycles. The Morgan fingerprint density at radius 2 is 1.89 bits per heavy atom. The predicted molar refractivity (Wildman–Crippen MR) is 105 cm³/mol. The second kappa shape index (κ2) is 7.95. The molecule has 1 saturated heterocycles. The van der Waals surface area contributed by atoms with Crippen LogP contribution in [0.4, 0.5) is 15.8 Å². The third-order valence-electron chi connectivity index (χ3n) is 4.01. The van der Waals surface area contributed by atoms with E-state index in [4.69, 9.17) is 11.6 Å². The molecular weight excluding hydrogens is 415 g/mol. The summed E-state index contributed by atoms with van der Waals surface area (Å²) in [4.78, 5) is 13.0. The summed E-state index contributed by atoms with van der Waals surface area (Å²) >= 11 is 7.44. The molecule has 1 heterocycles. The molecule has 27 heavy (non-hydrogen) atoms. The van der Waals surface area contributed by atoms with E-state index in [1.165, 1.54) is 18.2 Å². The number of hydrogen-bond acceptors (Lipinski definition) is 5. The van der Waals surface area contributed by atoms with E-state index >= 15 is 0 Å². The normalized spacial score (nSPS) is 14.8. The van der Waals surface area contributed by atoms with Gasteiger partial charge in [0.05, 0.1) is 11.3 Å². The zero-order chi connectivity index (χ0) is 19.6. The highest BCUT2D eigenvalue weighted by Gasteiger charge is 2.22. The Hall–Kier alpha value is -1.97. The fraction of sp³-hybridized carbons (Fsp3) is 0.235. The van der Waals surface area contributed by atoms with Crippen LogP contribution in [0.3, 0.4) is 0 Å². The van der Waals surface area contributed by atoms with Gasteiger partial charge in [-0.3, -0.25) is 4.72 Å². The smallest absolute Gasteiger partial charge is 0.337 e. The maximum Gasteiger partial charge on any atom is 0.337 e. The van der Waals surface area contributed by atoms with Gasteiger partial charge < -0.3 is 10.0 Å². The highest BCUT2D eigenvalue weighted by atomic mass is 35.5. The first-order valence-corrected chi connectivity index (χ1v) is 11.0. The van der Waals surface area contributed by atoms with E-state index in [1.54, 1.807) is 17.8 Å². The Balaban J connectivity index is 1.93. The van der Waals surface area contributed by atoms with Gasteiger partial charge in [0.25, 0.3) is 10.0 Å². The van der Waals surface area contributed by atoms with Gasteiger partial charge in [-0.1, -0.05) is 11.6 Å². The van der Waals surface area contributed by atoms with Crippen LogP contribution in [-0.4, -0.2) is 44.1 Å².